The first kappa shape index (κ1) is 26.7. The van der Waals surface area contributed by atoms with E-state index in [1.807, 2.05) is 12.1 Å². The molecule has 2 amide bonds. The van der Waals surface area contributed by atoms with Crippen molar-refractivity contribution in [3.63, 3.8) is 0 Å². The van der Waals surface area contributed by atoms with Crippen LogP contribution in [-0.2, 0) is 14.3 Å². The molecule has 1 aromatic carbocycles. The zero-order valence-electron chi connectivity index (χ0n) is 22.1. The second kappa shape index (κ2) is 11.4. The number of nitrogens with two attached hydrogens (primary N) is 1. The van der Waals surface area contributed by atoms with E-state index < -0.39 is 30.0 Å². The second-order valence-corrected chi connectivity index (χ2v) is 11.3. The third kappa shape index (κ3) is 5.05. The Balaban J connectivity index is 1.50. The van der Waals surface area contributed by atoms with E-state index in [0.29, 0.717) is 17.0 Å². The minimum absolute atomic E-state index is 0.0524. The van der Waals surface area contributed by atoms with Crippen LogP contribution in [0.2, 0.25) is 0 Å². The van der Waals surface area contributed by atoms with E-state index in [4.69, 9.17) is 16.0 Å². The molecule has 10 nitrogen and oxygen atoms in total. The van der Waals surface area contributed by atoms with Gasteiger partial charge in [0.1, 0.15) is 12.6 Å². The Morgan fingerprint density at radius 2 is 1.95 bits per heavy atom. The highest BCUT2D eigenvalue weighted by Crippen LogP contribution is 2.43. The van der Waals surface area contributed by atoms with Gasteiger partial charge in [0.15, 0.2) is 5.78 Å². The minimum Gasteiger partial charge on any atom is -0.367 e. The smallest absolute Gasteiger partial charge is 0.249 e. The molecule has 1 saturated carbocycles. The summed E-state index contributed by atoms with van der Waals surface area (Å²) in [4.78, 5) is 46.7. The van der Waals surface area contributed by atoms with Crippen molar-refractivity contribution in [2.45, 2.75) is 81.9 Å². The number of ketones is 1. The van der Waals surface area contributed by atoms with Crippen molar-refractivity contribution in [1.29, 1.82) is 0 Å². The number of piperidine rings is 1. The number of azide groups is 1. The van der Waals surface area contributed by atoms with Gasteiger partial charge < -0.3 is 20.3 Å². The fraction of sp³-hybridized carbons (Fsp3) is 0.679. The number of fused-ring (bicyclic) bond motifs is 1. The summed E-state index contributed by atoms with van der Waals surface area (Å²) < 4.78 is 5.65. The molecule has 5 rings (SSSR count). The van der Waals surface area contributed by atoms with Gasteiger partial charge in [0.05, 0.1) is 18.1 Å². The third-order valence-electron chi connectivity index (χ3n) is 9.05. The van der Waals surface area contributed by atoms with Crippen LogP contribution in [0, 0.1) is 5.92 Å². The van der Waals surface area contributed by atoms with Gasteiger partial charge in [0.2, 0.25) is 11.8 Å². The van der Waals surface area contributed by atoms with E-state index in [2.05, 4.69) is 21.8 Å². The molecule has 3 aliphatic heterocycles. The molecule has 0 bridgehead atoms. The van der Waals surface area contributed by atoms with Crippen LogP contribution < -0.4 is 5.73 Å². The number of Topliss-reactive ketones (excluding diaryl/α,β-unsaturated/α-hetero) is 1. The van der Waals surface area contributed by atoms with E-state index in [1.54, 1.807) is 11.0 Å². The summed E-state index contributed by atoms with van der Waals surface area (Å²) >= 11 is 0. The van der Waals surface area contributed by atoms with Crippen LogP contribution in [0.4, 0.5) is 0 Å². The molecule has 3 saturated heterocycles. The molecule has 0 radical (unpaired) electrons. The number of carbonyl (C=O) groups is 3. The van der Waals surface area contributed by atoms with Crippen LogP contribution in [0.15, 0.2) is 23.3 Å². The molecule has 4 atom stereocenters. The molecular formula is C28H38N6O4. The molecule has 4 aliphatic rings. The topological polar surface area (TPSA) is 142 Å². The van der Waals surface area contributed by atoms with Gasteiger partial charge in [-0.2, -0.15) is 0 Å². The average molecular weight is 523 g/mol. The maximum atomic E-state index is 14.4. The summed E-state index contributed by atoms with van der Waals surface area (Å²) in [7, 11) is 0. The molecule has 0 unspecified atom stereocenters. The lowest BCUT2D eigenvalue weighted by Crippen LogP contribution is -2.45. The molecule has 38 heavy (non-hydrogen) atoms. The lowest BCUT2D eigenvalue weighted by molar-refractivity contribution is -0.138. The normalized spacial score (nSPS) is 27.3. The van der Waals surface area contributed by atoms with Crippen LogP contribution in [-0.4, -0.2) is 78.4 Å². The summed E-state index contributed by atoms with van der Waals surface area (Å²) in [5.41, 5.74) is 17.1. The number of hydrogen-bond donors (Lipinski definition) is 1. The van der Waals surface area contributed by atoms with Gasteiger partial charge in [0.25, 0.3) is 0 Å². The summed E-state index contributed by atoms with van der Waals surface area (Å²) in [6, 6.07) is 4.47. The Morgan fingerprint density at radius 3 is 2.61 bits per heavy atom. The van der Waals surface area contributed by atoms with Gasteiger partial charge in [0, 0.05) is 17.0 Å². The largest absolute Gasteiger partial charge is 0.367 e. The molecule has 3 heterocycles. The Hall–Kier alpha value is -2.94. The van der Waals surface area contributed by atoms with Crippen LogP contribution in [0.1, 0.15) is 85.2 Å². The highest BCUT2D eigenvalue weighted by Gasteiger charge is 2.53. The maximum absolute atomic E-state index is 14.4. The van der Waals surface area contributed by atoms with E-state index >= 15 is 0 Å². The fourth-order valence-electron chi connectivity index (χ4n) is 7.21. The van der Waals surface area contributed by atoms with E-state index in [0.717, 1.165) is 70.1 Å². The molecule has 10 heteroatoms. The third-order valence-corrected chi connectivity index (χ3v) is 9.05. The number of amides is 2. The fourth-order valence-corrected chi connectivity index (χ4v) is 7.21. The van der Waals surface area contributed by atoms with Crippen LogP contribution in [0.3, 0.4) is 0 Å². The zero-order chi connectivity index (χ0) is 26.8. The lowest BCUT2D eigenvalue weighted by atomic mass is 9.78. The van der Waals surface area contributed by atoms with Crippen molar-refractivity contribution >= 4 is 17.6 Å². The minimum atomic E-state index is -0.759. The summed E-state index contributed by atoms with van der Waals surface area (Å²) in [5.74, 6) is -1.09. The Morgan fingerprint density at radius 1 is 1.21 bits per heavy atom. The molecule has 0 spiro atoms. The van der Waals surface area contributed by atoms with Crippen LogP contribution >= 0.6 is 0 Å². The SMILES string of the molecule is CCCN1CCC(c2ccc(C(N)=O)c([C@@H](C(=O)N3C[C@H](N=[N+]=[N-])[C@H]4OCC(=O)[C@H]43)C3CCCC3)c2)CC1. The maximum Gasteiger partial charge on any atom is 0.249 e. The number of benzene rings is 1. The van der Waals surface area contributed by atoms with Crippen molar-refractivity contribution in [3.8, 4) is 0 Å². The number of rotatable bonds is 8. The highest BCUT2D eigenvalue weighted by molar-refractivity contribution is 5.99. The molecule has 0 aromatic heterocycles. The Bertz CT molecular complexity index is 1120. The summed E-state index contributed by atoms with van der Waals surface area (Å²) in [5, 5.41) is 3.83. The summed E-state index contributed by atoms with van der Waals surface area (Å²) in [6.45, 7) is 5.42. The number of carbonyl (C=O) groups excluding carboxylic acids is 3. The van der Waals surface area contributed by atoms with Gasteiger partial charge in [-0.3, -0.25) is 14.4 Å². The standard InChI is InChI=1S/C28H38N6O4/c1-2-11-33-12-9-17(10-13-33)19-7-8-20(27(29)36)21(14-19)24(18-5-3-4-6-18)28(37)34-15-22(31-32-30)26-25(34)23(35)16-38-26/h7-8,14,17-18,22,24-26H,2-6,9-13,15-16H2,1H3,(H2,29,36)/t22-,24-,25+,26+/m0/s1. The van der Waals surface area contributed by atoms with Gasteiger partial charge >= 0.3 is 0 Å². The number of ether oxygens (including phenoxy) is 1. The second-order valence-electron chi connectivity index (χ2n) is 11.3. The van der Waals surface area contributed by atoms with Crippen LogP contribution in [0.5, 0.6) is 0 Å². The van der Waals surface area contributed by atoms with Crippen molar-refractivity contribution in [3.05, 3.63) is 45.3 Å². The monoisotopic (exact) mass is 522 g/mol. The number of primary amides is 1. The number of nitrogens with zero attached hydrogens (tertiary/aromatic N) is 5. The predicted octanol–water partition coefficient (Wildman–Crippen LogP) is 3.51. The lowest BCUT2D eigenvalue weighted by Gasteiger charge is -2.34. The molecule has 4 fully saturated rings. The van der Waals surface area contributed by atoms with Crippen LogP contribution in [0.25, 0.3) is 10.4 Å². The Kier molecular flexibility index (Phi) is 8.02. The molecular weight excluding hydrogens is 484 g/mol. The highest BCUT2D eigenvalue weighted by atomic mass is 16.5. The zero-order valence-corrected chi connectivity index (χ0v) is 22.1. The molecule has 204 valence electrons. The quantitative estimate of drug-likeness (QED) is 0.316. The van der Waals surface area contributed by atoms with E-state index in [-0.39, 0.29) is 30.8 Å². The van der Waals surface area contributed by atoms with E-state index in [1.165, 1.54) is 0 Å². The first-order chi connectivity index (χ1) is 18.4. The van der Waals surface area contributed by atoms with Crippen molar-refractivity contribution in [2.75, 3.05) is 32.8 Å². The number of likely N-dealkylation sites (tertiary alicyclic amines) is 2. The van der Waals surface area contributed by atoms with Gasteiger partial charge in [-0.05, 0) is 86.3 Å². The van der Waals surface area contributed by atoms with E-state index in [9.17, 15) is 14.4 Å². The predicted molar refractivity (Wildman–Crippen MR) is 142 cm³/mol. The van der Waals surface area contributed by atoms with Crippen molar-refractivity contribution in [1.82, 2.24) is 9.80 Å². The number of hydrogen-bond acceptors (Lipinski definition) is 6. The van der Waals surface area contributed by atoms with Gasteiger partial charge in [-0.15, -0.1) is 0 Å². The van der Waals surface area contributed by atoms with Gasteiger partial charge in [-0.1, -0.05) is 37.0 Å². The first-order valence-corrected chi connectivity index (χ1v) is 14.1. The van der Waals surface area contributed by atoms with Gasteiger partial charge in [-0.25, -0.2) is 0 Å². The van der Waals surface area contributed by atoms with Crippen molar-refractivity contribution < 1.29 is 19.1 Å². The Labute approximate surface area is 223 Å². The first-order valence-electron chi connectivity index (χ1n) is 14.1. The summed E-state index contributed by atoms with van der Waals surface area (Å²) in [6.07, 6.45) is 6.37. The average Bonchev–Trinajstić information content (AvgIpc) is 3.65. The molecule has 2 N–H and O–H groups in total. The molecule has 1 aromatic rings. The molecule has 1 aliphatic carbocycles. The van der Waals surface area contributed by atoms with Crippen molar-refractivity contribution in [2.24, 2.45) is 16.8 Å².